The molecule has 100 valence electrons. The summed E-state index contributed by atoms with van der Waals surface area (Å²) < 4.78 is 6.31. The molecule has 0 fully saturated rings. The molecule has 0 aromatic heterocycles. The predicted octanol–water partition coefficient (Wildman–Crippen LogP) is 4.18. The molecule has 0 heterocycles. The van der Waals surface area contributed by atoms with Crippen LogP contribution >= 0.6 is 0 Å². The smallest absolute Gasteiger partial charge is 0.192 e. The lowest BCUT2D eigenvalue weighted by atomic mass is 10.0. The van der Waals surface area contributed by atoms with Crippen LogP contribution in [0.3, 0.4) is 0 Å². The first-order valence-corrected chi connectivity index (χ1v) is 9.30. The van der Waals surface area contributed by atoms with Crippen molar-refractivity contribution < 1.29 is 9.22 Å². The summed E-state index contributed by atoms with van der Waals surface area (Å²) in [5.74, 6) is 0.291. The number of carbonyl (C=O) groups is 1. The Bertz CT molecular complexity index is 264. The van der Waals surface area contributed by atoms with Crippen molar-refractivity contribution in [2.75, 3.05) is 0 Å². The molecule has 0 aliphatic rings. The molecule has 0 saturated heterocycles. The van der Waals surface area contributed by atoms with Gasteiger partial charge in [0, 0.05) is 6.42 Å². The number of carbonyl (C=O) groups excluding carboxylic acids is 1. The number of hydrogen-bond acceptors (Lipinski definition) is 2. The molecule has 0 aliphatic carbocycles. The molecular formula is C14H28O2Si. The van der Waals surface area contributed by atoms with Crippen molar-refractivity contribution in [2.45, 2.75) is 65.3 Å². The van der Waals surface area contributed by atoms with Crippen LogP contribution in [0, 0.1) is 5.92 Å². The lowest BCUT2D eigenvalue weighted by Crippen LogP contribution is -2.45. The zero-order chi connectivity index (χ0) is 13.7. The van der Waals surface area contributed by atoms with Crippen molar-refractivity contribution in [1.29, 1.82) is 0 Å². The van der Waals surface area contributed by atoms with E-state index >= 15 is 0 Å². The summed E-state index contributed by atoms with van der Waals surface area (Å²) in [6, 6.07) is 0. The van der Waals surface area contributed by atoms with Crippen LogP contribution in [0.25, 0.3) is 0 Å². The monoisotopic (exact) mass is 256 g/mol. The van der Waals surface area contributed by atoms with E-state index in [-0.39, 0.29) is 11.1 Å². The van der Waals surface area contributed by atoms with Gasteiger partial charge >= 0.3 is 0 Å². The maximum atomic E-state index is 10.8. The fraction of sp³-hybridized carbons (Fsp3) is 0.786. The molecular weight excluding hydrogens is 228 g/mol. The number of hydrogen-bond donors (Lipinski definition) is 0. The second-order valence-corrected chi connectivity index (χ2v) is 11.0. The van der Waals surface area contributed by atoms with Gasteiger partial charge in [-0.1, -0.05) is 39.8 Å². The summed E-state index contributed by atoms with van der Waals surface area (Å²) in [6.45, 7) is 15.2. The second kappa shape index (κ2) is 6.50. The third kappa shape index (κ3) is 5.17. The third-order valence-corrected chi connectivity index (χ3v) is 8.17. The van der Waals surface area contributed by atoms with E-state index in [1.165, 1.54) is 0 Å². The largest absolute Gasteiger partial charge is 0.413 e. The summed E-state index contributed by atoms with van der Waals surface area (Å²) in [7, 11) is -1.79. The van der Waals surface area contributed by atoms with Gasteiger partial charge in [-0.15, -0.1) is 0 Å². The summed E-state index contributed by atoms with van der Waals surface area (Å²) in [5.41, 5.74) is 0. The molecule has 0 aromatic rings. The summed E-state index contributed by atoms with van der Waals surface area (Å²) in [4.78, 5) is 10.8. The van der Waals surface area contributed by atoms with Gasteiger partial charge in [0.25, 0.3) is 0 Å². The topological polar surface area (TPSA) is 26.3 Å². The van der Waals surface area contributed by atoms with E-state index in [9.17, 15) is 4.79 Å². The van der Waals surface area contributed by atoms with Crippen molar-refractivity contribution >= 4 is 14.6 Å². The Labute approximate surface area is 108 Å². The standard InChI is InChI=1S/C14H28O2Si/c1-8-9-12(2)13(10-11-15)16-17(6,7)14(3,4)5/h8-9,11-13H,10H2,1-7H3/b9-8+/t12-,13-/m1/s1. The molecule has 0 rings (SSSR count). The summed E-state index contributed by atoms with van der Waals surface area (Å²) >= 11 is 0. The maximum Gasteiger partial charge on any atom is 0.192 e. The number of allylic oxidation sites excluding steroid dienone is 1. The van der Waals surface area contributed by atoms with Crippen LogP contribution in [0.4, 0.5) is 0 Å². The van der Waals surface area contributed by atoms with Crippen molar-refractivity contribution in [3.8, 4) is 0 Å². The van der Waals surface area contributed by atoms with Crippen LogP contribution in [0.15, 0.2) is 12.2 Å². The van der Waals surface area contributed by atoms with Crippen LogP contribution in [0.1, 0.15) is 41.0 Å². The fourth-order valence-corrected chi connectivity index (χ4v) is 2.87. The SMILES string of the molecule is C/C=C/[C@@H](C)[C@@H](CC=O)O[Si](C)(C)C(C)(C)C. The van der Waals surface area contributed by atoms with Crippen LogP contribution < -0.4 is 0 Å². The van der Waals surface area contributed by atoms with Crippen LogP contribution in [-0.4, -0.2) is 20.7 Å². The highest BCUT2D eigenvalue weighted by molar-refractivity contribution is 6.74. The van der Waals surface area contributed by atoms with Gasteiger partial charge in [-0.2, -0.15) is 0 Å². The van der Waals surface area contributed by atoms with Crippen molar-refractivity contribution in [3.05, 3.63) is 12.2 Å². The third-order valence-electron chi connectivity index (χ3n) is 3.66. The lowest BCUT2D eigenvalue weighted by molar-refractivity contribution is -0.109. The fourth-order valence-electron chi connectivity index (χ4n) is 1.45. The predicted molar refractivity (Wildman–Crippen MR) is 76.7 cm³/mol. The van der Waals surface area contributed by atoms with E-state index < -0.39 is 8.32 Å². The quantitative estimate of drug-likeness (QED) is 0.405. The molecule has 0 aromatic carbocycles. The lowest BCUT2D eigenvalue weighted by Gasteiger charge is -2.40. The molecule has 17 heavy (non-hydrogen) atoms. The summed E-state index contributed by atoms with van der Waals surface area (Å²) in [6.07, 6.45) is 5.61. The van der Waals surface area contributed by atoms with Crippen LogP contribution in [0.2, 0.25) is 18.1 Å². The van der Waals surface area contributed by atoms with Gasteiger partial charge in [0.2, 0.25) is 0 Å². The Morgan fingerprint density at radius 1 is 1.29 bits per heavy atom. The second-order valence-electron chi connectivity index (χ2n) is 6.20. The Hall–Kier alpha value is -0.413. The van der Waals surface area contributed by atoms with E-state index in [4.69, 9.17) is 4.43 Å². The molecule has 0 N–H and O–H groups in total. The number of rotatable bonds is 6. The van der Waals surface area contributed by atoms with E-state index in [2.05, 4.69) is 46.9 Å². The Balaban J connectivity index is 4.81. The molecule has 0 unspecified atom stereocenters. The number of aldehydes is 1. The Kier molecular flexibility index (Phi) is 6.34. The first kappa shape index (κ1) is 16.6. The van der Waals surface area contributed by atoms with Gasteiger partial charge in [-0.25, -0.2) is 0 Å². The Morgan fingerprint density at radius 3 is 2.18 bits per heavy atom. The van der Waals surface area contributed by atoms with Gasteiger partial charge in [-0.05, 0) is 31.0 Å². The average molecular weight is 256 g/mol. The van der Waals surface area contributed by atoms with Crippen LogP contribution in [-0.2, 0) is 9.22 Å². The van der Waals surface area contributed by atoms with Crippen molar-refractivity contribution in [1.82, 2.24) is 0 Å². The zero-order valence-corrected chi connectivity index (χ0v) is 13.4. The highest BCUT2D eigenvalue weighted by Crippen LogP contribution is 2.38. The zero-order valence-electron chi connectivity index (χ0n) is 12.4. The normalized spacial score (nSPS) is 17.1. The molecule has 0 saturated carbocycles. The maximum absolute atomic E-state index is 10.8. The van der Waals surface area contributed by atoms with E-state index in [1.54, 1.807) is 0 Å². The van der Waals surface area contributed by atoms with Gasteiger partial charge in [0.1, 0.15) is 6.29 Å². The molecule has 2 atom stereocenters. The van der Waals surface area contributed by atoms with Gasteiger partial charge in [0.05, 0.1) is 6.10 Å². The van der Waals surface area contributed by atoms with Crippen molar-refractivity contribution in [3.63, 3.8) is 0 Å². The minimum atomic E-state index is -1.79. The van der Waals surface area contributed by atoms with Crippen LogP contribution in [0.5, 0.6) is 0 Å². The molecule has 2 nitrogen and oxygen atoms in total. The highest BCUT2D eigenvalue weighted by Gasteiger charge is 2.39. The van der Waals surface area contributed by atoms with Gasteiger partial charge < -0.3 is 9.22 Å². The molecule has 0 aliphatic heterocycles. The minimum Gasteiger partial charge on any atom is -0.413 e. The first-order chi connectivity index (χ1) is 7.65. The highest BCUT2D eigenvalue weighted by atomic mass is 28.4. The average Bonchev–Trinajstić information content (AvgIpc) is 2.15. The Morgan fingerprint density at radius 2 is 1.82 bits per heavy atom. The van der Waals surface area contributed by atoms with E-state index in [1.807, 2.05) is 13.0 Å². The minimum absolute atomic E-state index is 0.0181. The molecule has 0 amide bonds. The molecule has 0 bridgehead atoms. The first-order valence-electron chi connectivity index (χ1n) is 6.40. The van der Waals surface area contributed by atoms with E-state index in [0.717, 1.165) is 6.29 Å². The summed E-state index contributed by atoms with van der Waals surface area (Å²) in [5, 5.41) is 0.184. The van der Waals surface area contributed by atoms with E-state index in [0.29, 0.717) is 12.3 Å². The molecule has 3 heteroatoms. The molecule has 0 spiro atoms. The van der Waals surface area contributed by atoms with Gasteiger partial charge in [0.15, 0.2) is 8.32 Å². The van der Waals surface area contributed by atoms with Gasteiger partial charge in [-0.3, -0.25) is 0 Å². The molecule has 0 radical (unpaired) electrons. The van der Waals surface area contributed by atoms with Crippen molar-refractivity contribution in [2.24, 2.45) is 5.92 Å².